The molecule has 96 valence electrons. The van der Waals surface area contributed by atoms with E-state index < -0.39 is 6.10 Å². The Balaban J connectivity index is 2.41. The topological polar surface area (TPSA) is 20.2 Å². The van der Waals surface area contributed by atoms with Gasteiger partial charge in [0.25, 0.3) is 0 Å². The number of aliphatic hydroxyl groups is 1. The zero-order chi connectivity index (χ0) is 12.7. The first kappa shape index (κ1) is 14.2. The van der Waals surface area contributed by atoms with Crippen LogP contribution in [0.1, 0.15) is 62.7 Å². The highest BCUT2D eigenvalue weighted by Gasteiger charge is 2.12. The second-order valence-electron chi connectivity index (χ2n) is 4.74. The molecule has 1 aromatic rings. The molecule has 17 heavy (non-hydrogen) atoms. The summed E-state index contributed by atoms with van der Waals surface area (Å²) in [6.45, 7) is 4.09. The van der Waals surface area contributed by atoms with Gasteiger partial charge >= 0.3 is 0 Å². The summed E-state index contributed by atoms with van der Waals surface area (Å²) in [6, 6.07) is 4.91. The SMILES string of the molecule is CCCCCCCC(O)c1cc(C)ccc1F. The molecule has 1 nitrogen and oxygen atoms in total. The molecule has 1 unspecified atom stereocenters. The summed E-state index contributed by atoms with van der Waals surface area (Å²) >= 11 is 0. The van der Waals surface area contributed by atoms with E-state index in [4.69, 9.17) is 0 Å². The smallest absolute Gasteiger partial charge is 0.129 e. The third-order valence-electron chi connectivity index (χ3n) is 3.09. The molecule has 1 aromatic carbocycles. The molecule has 0 saturated heterocycles. The number of benzene rings is 1. The van der Waals surface area contributed by atoms with Crippen molar-refractivity contribution >= 4 is 0 Å². The zero-order valence-corrected chi connectivity index (χ0v) is 10.9. The van der Waals surface area contributed by atoms with Gasteiger partial charge in [-0.2, -0.15) is 0 Å². The minimum atomic E-state index is -0.656. The maximum absolute atomic E-state index is 13.5. The van der Waals surface area contributed by atoms with Crippen molar-refractivity contribution < 1.29 is 9.50 Å². The third-order valence-corrected chi connectivity index (χ3v) is 3.09. The molecule has 0 spiro atoms. The molecule has 0 bridgehead atoms. The molecule has 0 radical (unpaired) electrons. The molecule has 0 aromatic heterocycles. The van der Waals surface area contributed by atoms with Crippen molar-refractivity contribution in [3.8, 4) is 0 Å². The van der Waals surface area contributed by atoms with Crippen LogP contribution >= 0.6 is 0 Å². The van der Waals surface area contributed by atoms with Gasteiger partial charge in [-0.25, -0.2) is 4.39 Å². The second-order valence-corrected chi connectivity index (χ2v) is 4.74. The lowest BCUT2D eigenvalue weighted by Gasteiger charge is -2.12. The monoisotopic (exact) mass is 238 g/mol. The van der Waals surface area contributed by atoms with Gasteiger partial charge in [-0.15, -0.1) is 0 Å². The summed E-state index contributed by atoms with van der Waals surface area (Å²) in [5.74, 6) is -0.295. The van der Waals surface area contributed by atoms with Crippen molar-refractivity contribution in [2.45, 2.75) is 58.5 Å². The highest BCUT2D eigenvalue weighted by Crippen LogP contribution is 2.23. The van der Waals surface area contributed by atoms with E-state index in [1.807, 2.05) is 6.92 Å². The molecule has 0 saturated carbocycles. The quantitative estimate of drug-likeness (QED) is 0.692. The lowest BCUT2D eigenvalue weighted by atomic mass is 10.0. The van der Waals surface area contributed by atoms with Crippen LogP contribution in [0.3, 0.4) is 0 Å². The molecule has 0 aliphatic heterocycles. The Kier molecular flexibility index (Phi) is 6.20. The maximum atomic E-state index is 13.5. The van der Waals surface area contributed by atoms with E-state index in [9.17, 15) is 9.50 Å². The Morgan fingerprint density at radius 1 is 1.18 bits per heavy atom. The van der Waals surface area contributed by atoms with Crippen LogP contribution < -0.4 is 0 Å². The molecular weight excluding hydrogens is 215 g/mol. The number of halogens is 1. The Morgan fingerprint density at radius 3 is 2.59 bits per heavy atom. The number of aryl methyl sites for hydroxylation is 1. The first-order valence-electron chi connectivity index (χ1n) is 6.59. The Bertz CT molecular complexity index is 336. The van der Waals surface area contributed by atoms with E-state index in [0.29, 0.717) is 12.0 Å². The predicted molar refractivity (Wildman–Crippen MR) is 69.5 cm³/mol. The number of rotatable bonds is 7. The van der Waals surface area contributed by atoms with E-state index in [1.54, 1.807) is 12.1 Å². The van der Waals surface area contributed by atoms with Gasteiger partial charge in [0.2, 0.25) is 0 Å². The normalized spacial score (nSPS) is 12.7. The lowest BCUT2D eigenvalue weighted by Crippen LogP contribution is -2.01. The molecule has 0 aliphatic carbocycles. The first-order chi connectivity index (χ1) is 8.15. The van der Waals surface area contributed by atoms with Crippen molar-refractivity contribution in [3.05, 3.63) is 35.1 Å². The maximum Gasteiger partial charge on any atom is 0.129 e. The summed E-state index contributed by atoms with van der Waals surface area (Å²) in [5.41, 5.74) is 1.44. The molecule has 0 fully saturated rings. The number of hydrogen-bond acceptors (Lipinski definition) is 1. The molecule has 0 aliphatic rings. The Labute approximate surface area is 104 Å². The molecule has 0 heterocycles. The standard InChI is InChI=1S/C15H23FO/c1-3-4-5-6-7-8-15(17)13-11-12(2)9-10-14(13)16/h9-11,15,17H,3-8H2,1-2H3. The van der Waals surface area contributed by atoms with Crippen LogP contribution in [-0.2, 0) is 0 Å². The van der Waals surface area contributed by atoms with Gasteiger partial charge < -0.3 is 5.11 Å². The van der Waals surface area contributed by atoms with Crippen LogP contribution in [0.25, 0.3) is 0 Å². The van der Waals surface area contributed by atoms with Gasteiger partial charge in [-0.05, 0) is 19.4 Å². The fraction of sp³-hybridized carbons (Fsp3) is 0.600. The van der Waals surface area contributed by atoms with Crippen LogP contribution in [-0.4, -0.2) is 5.11 Å². The largest absolute Gasteiger partial charge is 0.388 e. The molecule has 1 atom stereocenters. The predicted octanol–water partition coefficient (Wildman–Crippen LogP) is 4.53. The highest BCUT2D eigenvalue weighted by atomic mass is 19.1. The number of unbranched alkanes of at least 4 members (excludes halogenated alkanes) is 4. The lowest BCUT2D eigenvalue weighted by molar-refractivity contribution is 0.158. The molecule has 2 heteroatoms. The minimum absolute atomic E-state index is 0.295. The Hall–Kier alpha value is -0.890. The average molecular weight is 238 g/mol. The zero-order valence-electron chi connectivity index (χ0n) is 10.9. The van der Waals surface area contributed by atoms with Gasteiger partial charge in [0.05, 0.1) is 6.10 Å². The second kappa shape index (κ2) is 7.44. The van der Waals surface area contributed by atoms with Gasteiger partial charge in [-0.3, -0.25) is 0 Å². The van der Waals surface area contributed by atoms with E-state index >= 15 is 0 Å². The van der Waals surface area contributed by atoms with Crippen LogP contribution in [0.4, 0.5) is 4.39 Å². The van der Waals surface area contributed by atoms with E-state index in [1.165, 1.54) is 25.3 Å². The van der Waals surface area contributed by atoms with Crippen LogP contribution in [0.5, 0.6) is 0 Å². The van der Waals surface area contributed by atoms with Gasteiger partial charge in [-0.1, -0.05) is 56.7 Å². The number of aliphatic hydroxyl groups excluding tert-OH is 1. The molecule has 1 rings (SSSR count). The van der Waals surface area contributed by atoms with Crippen molar-refractivity contribution in [2.75, 3.05) is 0 Å². The fourth-order valence-corrected chi connectivity index (χ4v) is 2.02. The summed E-state index contributed by atoms with van der Waals surface area (Å²) in [6.07, 6.45) is 5.76. The fourth-order valence-electron chi connectivity index (χ4n) is 2.02. The van der Waals surface area contributed by atoms with Crippen molar-refractivity contribution in [1.82, 2.24) is 0 Å². The molecule has 0 amide bonds. The Morgan fingerprint density at radius 2 is 1.88 bits per heavy atom. The first-order valence-corrected chi connectivity index (χ1v) is 6.59. The third kappa shape index (κ3) is 4.86. The van der Waals surface area contributed by atoms with Crippen LogP contribution in [0.15, 0.2) is 18.2 Å². The van der Waals surface area contributed by atoms with Crippen LogP contribution in [0, 0.1) is 12.7 Å². The molecule has 1 N–H and O–H groups in total. The van der Waals surface area contributed by atoms with Gasteiger partial charge in [0.1, 0.15) is 5.82 Å². The van der Waals surface area contributed by atoms with E-state index in [2.05, 4.69) is 6.92 Å². The van der Waals surface area contributed by atoms with Crippen molar-refractivity contribution in [3.63, 3.8) is 0 Å². The van der Waals surface area contributed by atoms with Crippen LogP contribution in [0.2, 0.25) is 0 Å². The van der Waals surface area contributed by atoms with E-state index in [0.717, 1.165) is 18.4 Å². The summed E-state index contributed by atoms with van der Waals surface area (Å²) < 4.78 is 13.5. The van der Waals surface area contributed by atoms with E-state index in [-0.39, 0.29) is 5.82 Å². The summed E-state index contributed by atoms with van der Waals surface area (Å²) in [4.78, 5) is 0. The van der Waals surface area contributed by atoms with Crippen molar-refractivity contribution in [1.29, 1.82) is 0 Å². The minimum Gasteiger partial charge on any atom is -0.388 e. The average Bonchev–Trinajstić information content (AvgIpc) is 2.32. The number of hydrogen-bond donors (Lipinski definition) is 1. The van der Waals surface area contributed by atoms with Crippen molar-refractivity contribution in [2.24, 2.45) is 0 Å². The highest BCUT2D eigenvalue weighted by molar-refractivity contribution is 5.25. The summed E-state index contributed by atoms with van der Waals surface area (Å²) in [5, 5.41) is 9.94. The summed E-state index contributed by atoms with van der Waals surface area (Å²) in [7, 11) is 0. The molecular formula is C15H23FO. The van der Waals surface area contributed by atoms with Gasteiger partial charge in [0.15, 0.2) is 0 Å². The van der Waals surface area contributed by atoms with Gasteiger partial charge in [0, 0.05) is 5.56 Å².